The Labute approximate surface area is 84.9 Å². The Hall–Kier alpha value is -0.200. The van der Waals surface area contributed by atoms with Crippen LogP contribution in [0.1, 0.15) is 6.42 Å². The molecule has 1 aliphatic rings. The number of rotatable bonds is 3. The van der Waals surface area contributed by atoms with Crippen LogP contribution in [0, 0.1) is 0 Å². The standard InChI is InChI=1S/C5H9FNO5P.ClH/c6-4(2-13(10,11)12)1-5(4,7)3(8)9;/h1-2,7H2,(H,8,9)(H2,10,11,12);1H/t4-,5-;/m0./s1. The van der Waals surface area contributed by atoms with Crippen molar-refractivity contribution in [1.29, 1.82) is 0 Å². The third kappa shape index (κ3) is 2.24. The summed E-state index contributed by atoms with van der Waals surface area (Å²) >= 11 is 0. The van der Waals surface area contributed by atoms with Gasteiger partial charge in [0, 0.05) is 6.42 Å². The number of hydrogen-bond acceptors (Lipinski definition) is 3. The van der Waals surface area contributed by atoms with Gasteiger partial charge in [-0.2, -0.15) is 0 Å². The molecule has 0 bridgehead atoms. The van der Waals surface area contributed by atoms with Gasteiger partial charge < -0.3 is 20.6 Å². The van der Waals surface area contributed by atoms with Gasteiger partial charge in [-0.15, -0.1) is 12.4 Å². The molecule has 2 atom stereocenters. The molecule has 84 valence electrons. The lowest BCUT2D eigenvalue weighted by atomic mass is 10.2. The van der Waals surface area contributed by atoms with Crippen molar-refractivity contribution < 1.29 is 28.6 Å². The zero-order valence-electron chi connectivity index (χ0n) is 6.88. The molecule has 0 saturated heterocycles. The Kier molecular flexibility index (Phi) is 3.38. The van der Waals surface area contributed by atoms with Gasteiger partial charge in [0.2, 0.25) is 0 Å². The van der Waals surface area contributed by atoms with Gasteiger partial charge in [-0.25, -0.2) is 4.39 Å². The van der Waals surface area contributed by atoms with Gasteiger partial charge >= 0.3 is 13.6 Å². The van der Waals surface area contributed by atoms with Gasteiger partial charge in [-0.05, 0) is 0 Å². The number of nitrogens with two attached hydrogens (primary N) is 1. The lowest BCUT2D eigenvalue weighted by Gasteiger charge is -2.11. The molecule has 0 spiro atoms. The SMILES string of the molecule is Cl.N[C@]1(C(=O)O)C[C@]1(F)CP(=O)(O)O. The van der Waals surface area contributed by atoms with Crippen LogP contribution < -0.4 is 5.73 Å². The first kappa shape index (κ1) is 13.8. The molecule has 0 radical (unpaired) electrons. The Bertz CT molecular complexity index is 308. The Balaban J connectivity index is 0.00000169. The van der Waals surface area contributed by atoms with Crippen LogP contribution in [0.25, 0.3) is 0 Å². The fourth-order valence-corrected chi connectivity index (χ4v) is 2.24. The predicted octanol–water partition coefficient (Wildman–Crippen LogP) is -0.520. The molecule has 5 N–H and O–H groups in total. The molecule has 0 amide bonds. The molecule has 9 heteroatoms. The first-order valence-corrected chi connectivity index (χ1v) is 5.16. The summed E-state index contributed by atoms with van der Waals surface area (Å²) in [6.45, 7) is 0. The van der Waals surface area contributed by atoms with Gasteiger partial charge in [0.15, 0.2) is 11.2 Å². The van der Waals surface area contributed by atoms with Crippen molar-refractivity contribution in [2.45, 2.75) is 17.6 Å². The molecule has 14 heavy (non-hydrogen) atoms. The lowest BCUT2D eigenvalue weighted by molar-refractivity contribution is -0.140. The second-order valence-corrected chi connectivity index (χ2v) is 4.89. The highest BCUT2D eigenvalue weighted by Crippen LogP contribution is 2.56. The normalized spacial score (nSPS) is 36.0. The molecule has 0 heterocycles. The van der Waals surface area contributed by atoms with E-state index in [0.29, 0.717) is 0 Å². The van der Waals surface area contributed by atoms with Gasteiger partial charge in [0.25, 0.3) is 0 Å². The van der Waals surface area contributed by atoms with Crippen LogP contribution in [0.4, 0.5) is 4.39 Å². The maximum atomic E-state index is 13.3. The van der Waals surface area contributed by atoms with E-state index in [-0.39, 0.29) is 12.4 Å². The minimum atomic E-state index is -4.56. The molecule has 1 fully saturated rings. The quantitative estimate of drug-likeness (QED) is 0.500. The van der Waals surface area contributed by atoms with Gasteiger partial charge in [-0.3, -0.25) is 9.36 Å². The van der Waals surface area contributed by atoms with Crippen molar-refractivity contribution in [3.05, 3.63) is 0 Å². The minimum absolute atomic E-state index is 0. The van der Waals surface area contributed by atoms with E-state index >= 15 is 0 Å². The zero-order valence-corrected chi connectivity index (χ0v) is 8.59. The molecule has 1 rings (SSSR count). The number of aliphatic carboxylic acids is 1. The van der Waals surface area contributed by atoms with Gasteiger partial charge in [-0.1, -0.05) is 0 Å². The van der Waals surface area contributed by atoms with Crippen LogP contribution in [-0.2, 0) is 9.36 Å². The van der Waals surface area contributed by atoms with E-state index in [1.165, 1.54) is 0 Å². The highest BCUT2D eigenvalue weighted by Gasteiger charge is 2.74. The highest BCUT2D eigenvalue weighted by atomic mass is 35.5. The molecule has 1 saturated carbocycles. The molecular formula is C5H10ClFNO5P. The van der Waals surface area contributed by atoms with E-state index in [1.807, 2.05) is 0 Å². The maximum absolute atomic E-state index is 13.3. The number of carbonyl (C=O) groups is 1. The van der Waals surface area contributed by atoms with E-state index in [2.05, 4.69) is 0 Å². The van der Waals surface area contributed by atoms with Crippen LogP contribution in [0.3, 0.4) is 0 Å². The first-order chi connectivity index (χ1) is 5.61. The van der Waals surface area contributed by atoms with Crippen molar-refractivity contribution in [3.63, 3.8) is 0 Å². The fraction of sp³-hybridized carbons (Fsp3) is 0.800. The van der Waals surface area contributed by atoms with E-state index in [4.69, 9.17) is 20.6 Å². The second kappa shape index (κ2) is 3.43. The van der Waals surface area contributed by atoms with Gasteiger partial charge in [0.05, 0.1) is 6.16 Å². The summed E-state index contributed by atoms with van der Waals surface area (Å²) in [5, 5.41) is 8.43. The molecule has 0 aliphatic heterocycles. The van der Waals surface area contributed by atoms with Crippen molar-refractivity contribution in [1.82, 2.24) is 0 Å². The lowest BCUT2D eigenvalue weighted by Crippen LogP contribution is -2.42. The summed E-state index contributed by atoms with van der Waals surface area (Å²) in [5.41, 5.74) is 0.452. The van der Waals surface area contributed by atoms with Crippen LogP contribution in [0.15, 0.2) is 0 Å². The third-order valence-corrected chi connectivity index (χ3v) is 2.98. The average molecular weight is 250 g/mol. The summed E-state index contributed by atoms with van der Waals surface area (Å²) in [4.78, 5) is 27.2. The van der Waals surface area contributed by atoms with Crippen LogP contribution >= 0.6 is 20.0 Å². The van der Waals surface area contributed by atoms with E-state index in [0.717, 1.165) is 0 Å². The van der Waals surface area contributed by atoms with E-state index in [9.17, 15) is 13.8 Å². The average Bonchev–Trinajstić information content (AvgIpc) is 2.30. The smallest absolute Gasteiger partial charge is 0.328 e. The first-order valence-electron chi connectivity index (χ1n) is 3.36. The number of halogens is 2. The minimum Gasteiger partial charge on any atom is -0.480 e. The van der Waals surface area contributed by atoms with Gasteiger partial charge in [0.1, 0.15) is 0 Å². The summed E-state index contributed by atoms with van der Waals surface area (Å²) in [6, 6.07) is 0. The second-order valence-electron chi connectivity index (χ2n) is 3.24. The molecule has 6 nitrogen and oxygen atoms in total. The largest absolute Gasteiger partial charge is 0.480 e. The molecular weight excluding hydrogens is 239 g/mol. The molecule has 0 aromatic carbocycles. The summed E-state index contributed by atoms with van der Waals surface area (Å²) in [7, 11) is -4.56. The monoisotopic (exact) mass is 249 g/mol. The topological polar surface area (TPSA) is 121 Å². The predicted molar refractivity (Wildman–Crippen MR) is 47.2 cm³/mol. The number of alkyl halides is 1. The van der Waals surface area contributed by atoms with Crippen LogP contribution in [0.2, 0.25) is 0 Å². The molecule has 0 aromatic rings. The van der Waals surface area contributed by atoms with Crippen molar-refractivity contribution in [2.75, 3.05) is 6.16 Å². The molecule has 0 aromatic heterocycles. The Morgan fingerprint density at radius 1 is 1.57 bits per heavy atom. The zero-order chi connectivity index (χ0) is 10.5. The van der Waals surface area contributed by atoms with Crippen LogP contribution in [-0.4, -0.2) is 38.2 Å². The van der Waals surface area contributed by atoms with Crippen molar-refractivity contribution >= 4 is 26.0 Å². The van der Waals surface area contributed by atoms with E-state index in [1.54, 1.807) is 0 Å². The maximum Gasteiger partial charge on any atom is 0.328 e. The fourth-order valence-electron chi connectivity index (χ4n) is 1.19. The number of carboxylic acids is 1. The van der Waals surface area contributed by atoms with Crippen molar-refractivity contribution in [3.8, 4) is 0 Å². The van der Waals surface area contributed by atoms with E-state index < -0.39 is 37.4 Å². The van der Waals surface area contributed by atoms with Crippen molar-refractivity contribution in [2.24, 2.45) is 5.73 Å². The van der Waals surface area contributed by atoms with Crippen LogP contribution in [0.5, 0.6) is 0 Å². The summed E-state index contributed by atoms with van der Waals surface area (Å²) < 4.78 is 23.7. The highest BCUT2D eigenvalue weighted by molar-refractivity contribution is 7.51. The molecule has 0 unspecified atom stereocenters. The summed E-state index contributed by atoms with van der Waals surface area (Å²) in [6.07, 6.45) is -1.69. The molecule has 1 aliphatic carbocycles. The Morgan fingerprint density at radius 3 is 2.21 bits per heavy atom. The number of carboxylic acid groups (broad SMARTS) is 1. The Morgan fingerprint density at radius 2 is 2.00 bits per heavy atom. The third-order valence-electron chi connectivity index (χ3n) is 2.07. The number of hydrogen-bond donors (Lipinski definition) is 4. The summed E-state index contributed by atoms with van der Waals surface area (Å²) in [5.74, 6) is -1.58.